The van der Waals surface area contributed by atoms with Gasteiger partial charge in [0.25, 0.3) is 0 Å². The molecular weight excluding hydrogens is 253 g/mol. The topological polar surface area (TPSA) is 12.0 Å². The van der Waals surface area contributed by atoms with Gasteiger partial charge in [-0.3, -0.25) is 0 Å². The van der Waals surface area contributed by atoms with E-state index >= 15 is 0 Å². The Bertz CT molecular complexity index is 363. The maximum atomic E-state index is 6.01. The van der Waals surface area contributed by atoms with Crippen LogP contribution in [0.3, 0.4) is 0 Å². The Morgan fingerprint density at radius 3 is 2.71 bits per heavy atom. The fourth-order valence-corrected chi connectivity index (χ4v) is 2.06. The lowest BCUT2D eigenvalue weighted by atomic mass is 10.0. The third-order valence-electron chi connectivity index (χ3n) is 2.60. The molecule has 0 bridgehead atoms. The molecule has 0 fully saturated rings. The van der Waals surface area contributed by atoms with Crippen LogP contribution in [0.15, 0.2) is 30.9 Å². The minimum Gasteiger partial charge on any atom is -0.313 e. The van der Waals surface area contributed by atoms with Gasteiger partial charge in [0.2, 0.25) is 0 Å². The zero-order valence-electron chi connectivity index (χ0n) is 10.2. The van der Waals surface area contributed by atoms with Crippen LogP contribution in [-0.4, -0.2) is 12.6 Å². The summed E-state index contributed by atoms with van der Waals surface area (Å²) in [6.45, 7) is 6.99. The lowest BCUT2D eigenvalue weighted by Crippen LogP contribution is -2.31. The summed E-state index contributed by atoms with van der Waals surface area (Å²) in [7, 11) is 0. The number of benzene rings is 1. The molecule has 1 nitrogen and oxygen atoms in total. The Labute approximate surface area is 114 Å². The van der Waals surface area contributed by atoms with E-state index in [9.17, 15) is 0 Å². The average molecular weight is 272 g/mol. The van der Waals surface area contributed by atoms with Crippen LogP contribution in [0.25, 0.3) is 0 Å². The number of hydrogen-bond donors (Lipinski definition) is 1. The van der Waals surface area contributed by atoms with E-state index in [1.807, 2.05) is 24.3 Å². The third kappa shape index (κ3) is 5.12. The molecule has 1 atom stereocenters. The monoisotopic (exact) mass is 271 g/mol. The fraction of sp³-hybridized carbons (Fsp3) is 0.429. The molecule has 1 N–H and O–H groups in total. The highest BCUT2D eigenvalue weighted by Crippen LogP contribution is 2.23. The van der Waals surface area contributed by atoms with E-state index in [1.165, 1.54) is 5.56 Å². The van der Waals surface area contributed by atoms with Gasteiger partial charge in [-0.05, 0) is 43.5 Å². The quantitative estimate of drug-likeness (QED) is 0.721. The SMILES string of the molecule is C=CCC(Cc1ccc(Cl)c(Cl)c1)NCCC. The molecule has 0 saturated carbocycles. The number of rotatable bonds is 7. The van der Waals surface area contributed by atoms with E-state index in [1.54, 1.807) is 0 Å². The normalized spacial score (nSPS) is 12.4. The zero-order valence-corrected chi connectivity index (χ0v) is 11.7. The summed E-state index contributed by atoms with van der Waals surface area (Å²) in [5, 5.41) is 4.74. The smallest absolute Gasteiger partial charge is 0.0595 e. The van der Waals surface area contributed by atoms with Crippen LogP contribution in [0.2, 0.25) is 10.0 Å². The van der Waals surface area contributed by atoms with E-state index in [4.69, 9.17) is 23.2 Å². The van der Waals surface area contributed by atoms with Crippen LogP contribution in [0, 0.1) is 0 Å². The third-order valence-corrected chi connectivity index (χ3v) is 3.34. The van der Waals surface area contributed by atoms with Crippen LogP contribution >= 0.6 is 23.2 Å². The lowest BCUT2D eigenvalue weighted by molar-refractivity contribution is 0.512. The predicted molar refractivity (Wildman–Crippen MR) is 77.1 cm³/mol. The zero-order chi connectivity index (χ0) is 12.7. The first-order valence-corrected chi connectivity index (χ1v) is 6.71. The van der Waals surface area contributed by atoms with Gasteiger partial charge in [-0.15, -0.1) is 6.58 Å². The molecule has 1 unspecified atom stereocenters. The van der Waals surface area contributed by atoms with Gasteiger partial charge in [0.05, 0.1) is 10.0 Å². The summed E-state index contributed by atoms with van der Waals surface area (Å²) >= 11 is 11.9. The van der Waals surface area contributed by atoms with Gasteiger partial charge in [-0.1, -0.05) is 42.3 Å². The average Bonchev–Trinajstić information content (AvgIpc) is 2.31. The van der Waals surface area contributed by atoms with Crippen molar-refractivity contribution < 1.29 is 0 Å². The van der Waals surface area contributed by atoms with Crippen molar-refractivity contribution in [1.29, 1.82) is 0 Å². The molecule has 0 aliphatic rings. The first kappa shape index (κ1) is 14.6. The standard InChI is InChI=1S/C14H19Cl2N/c1-3-5-12(17-8-4-2)9-11-6-7-13(15)14(16)10-11/h3,6-7,10,12,17H,1,4-5,8-9H2,2H3. The van der Waals surface area contributed by atoms with Gasteiger partial charge in [0, 0.05) is 6.04 Å². The number of nitrogens with one attached hydrogen (secondary N) is 1. The van der Waals surface area contributed by atoms with Gasteiger partial charge in [0.15, 0.2) is 0 Å². The highest BCUT2D eigenvalue weighted by molar-refractivity contribution is 6.42. The number of hydrogen-bond acceptors (Lipinski definition) is 1. The Morgan fingerprint density at radius 2 is 2.12 bits per heavy atom. The molecule has 0 aliphatic heterocycles. The van der Waals surface area contributed by atoms with E-state index in [2.05, 4.69) is 18.8 Å². The van der Waals surface area contributed by atoms with Crippen molar-refractivity contribution >= 4 is 23.2 Å². The second-order valence-corrected chi connectivity index (χ2v) is 4.94. The van der Waals surface area contributed by atoms with Crippen molar-refractivity contribution in [3.8, 4) is 0 Å². The molecule has 0 aliphatic carbocycles. The molecule has 0 saturated heterocycles. The second kappa shape index (κ2) is 7.75. The van der Waals surface area contributed by atoms with Crippen molar-refractivity contribution in [2.75, 3.05) is 6.54 Å². The highest BCUT2D eigenvalue weighted by atomic mass is 35.5. The Balaban J connectivity index is 2.64. The van der Waals surface area contributed by atoms with Crippen LogP contribution < -0.4 is 5.32 Å². The molecule has 1 aromatic rings. The molecular formula is C14H19Cl2N. The molecule has 0 radical (unpaired) electrons. The van der Waals surface area contributed by atoms with Gasteiger partial charge in [-0.2, -0.15) is 0 Å². The summed E-state index contributed by atoms with van der Waals surface area (Å²) < 4.78 is 0. The maximum Gasteiger partial charge on any atom is 0.0595 e. The Kier molecular flexibility index (Phi) is 6.64. The van der Waals surface area contributed by atoms with Gasteiger partial charge in [0.1, 0.15) is 0 Å². The summed E-state index contributed by atoms with van der Waals surface area (Å²) in [5.41, 5.74) is 1.20. The maximum absolute atomic E-state index is 6.01. The number of halogens is 2. The van der Waals surface area contributed by atoms with E-state index in [0.29, 0.717) is 16.1 Å². The van der Waals surface area contributed by atoms with Crippen LogP contribution in [0.1, 0.15) is 25.3 Å². The van der Waals surface area contributed by atoms with Crippen molar-refractivity contribution in [2.24, 2.45) is 0 Å². The van der Waals surface area contributed by atoms with Crippen molar-refractivity contribution in [3.05, 3.63) is 46.5 Å². The van der Waals surface area contributed by atoms with Gasteiger partial charge in [-0.25, -0.2) is 0 Å². The molecule has 0 heterocycles. The molecule has 1 aromatic carbocycles. The van der Waals surface area contributed by atoms with Crippen LogP contribution in [0.5, 0.6) is 0 Å². The minimum absolute atomic E-state index is 0.421. The van der Waals surface area contributed by atoms with Crippen molar-refractivity contribution in [3.63, 3.8) is 0 Å². The molecule has 3 heteroatoms. The van der Waals surface area contributed by atoms with E-state index < -0.39 is 0 Å². The molecule has 1 rings (SSSR count). The van der Waals surface area contributed by atoms with Crippen LogP contribution in [-0.2, 0) is 6.42 Å². The van der Waals surface area contributed by atoms with E-state index in [0.717, 1.165) is 25.8 Å². The largest absolute Gasteiger partial charge is 0.313 e. The minimum atomic E-state index is 0.421. The Hall–Kier alpha value is -0.500. The Morgan fingerprint density at radius 1 is 1.35 bits per heavy atom. The van der Waals surface area contributed by atoms with E-state index in [-0.39, 0.29) is 0 Å². The van der Waals surface area contributed by atoms with Crippen LogP contribution in [0.4, 0.5) is 0 Å². The first-order chi connectivity index (χ1) is 8.17. The molecule has 17 heavy (non-hydrogen) atoms. The first-order valence-electron chi connectivity index (χ1n) is 5.95. The van der Waals surface area contributed by atoms with Crippen molar-refractivity contribution in [2.45, 2.75) is 32.2 Å². The lowest BCUT2D eigenvalue weighted by Gasteiger charge is -2.17. The molecule has 94 valence electrons. The van der Waals surface area contributed by atoms with Crippen molar-refractivity contribution in [1.82, 2.24) is 5.32 Å². The highest BCUT2D eigenvalue weighted by Gasteiger charge is 2.08. The molecule has 0 amide bonds. The summed E-state index contributed by atoms with van der Waals surface area (Å²) in [5.74, 6) is 0. The summed E-state index contributed by atoms with van der Waals surface area (Å²) in [4.78, 5) is 0. The van der Waals surface area contributed by atoms with Gasteiger partial charge < -0.3 is 5.32 Å². The summed E-state index contributed by atoms with van der Waals surface area (Å²) in [6.07, 6.45) is 4.99. The predicted octanol–water partition coefficient (Wildman–Crippen LogP) is 4.48. The fourth-order valence-electron chi connectivity index (χ4n) is 1.74. The summed E-state index contributed by atoms with van der Waals surface area (Å²) in [6, 6.07) is 6.24. The molecule has 0 aromatic heterocycles. The van der Waals surface area contributed by atoms with Gasteiger partial charge >= 0.3 is 0 Å². The second-order valence-electron chi connectivity index (χ2n) is 4.13. The molecule has 0 spiro atoms.